The zero-order valence-corrected chi connectivity index (χ0v) is 19.3. The van der Waals surface area contributed by atoms with E-state index in [2.05, 4.69) is 20.0 Å². The molecule has 8 nitrogen and oxygen atoms in total. The van der Waals surface area contributed by atoms with E-state index in [1.807, 2.05) is 53.6 Å². The van der Waals surface area contributed by atoms with Crippen LogP contribution in [0.5, 0.6) is 0 Å². The minimum atomic E-state index is 0.127. The van der Waals surface area contributed by atoms with Crippen molar-refractivity contribution in [1.29, 1.82) is 0 Å². The normalized spacial score (nSPS) is 14.6. The van der Waals surface area contributed by atoms with E-state index in [1.165, 1.54) is 5.56 Å². The van der Waals surface area contributed by atoms with Gasteiger partial charge in [-0.15, -0.1) is 11.3 Å². The molecule has 9 heteroatoms. The first-order chi connectivity index (χ1) is 16.1. The van der Waals surface area contributed by atoms with Crippen LogP contribution < -0.4 is 0 Å². The summed E-state index contributed by atoms with van der Waals surface area (Å²) in [4.78, 5) is 26.7. The number of amides is 1. The van der Waals surface area contributed by atoms with Gasteiger partial charge in [0.1, 0.15) is 0 Å². The van der Waals surface area contributed by atoms with E-state index >= 15 is 0 Å². The Hall–Kier alpha value is -3.30. The second kappa shape index (κ2) is 9.68. The molecule has 0 spiro atoms. The van der Waals surface area contributed by atoms with Crippen molar-refractivity contribution in [2.45, 2.75) is 26.3 Å². The van der Waals surface area contributed by atoms with Crippen LogP contribution in [0.4, 0.5) is 0 Å². The number of nitrogens with zero attached hydrogens (tertiary/aromatic N) is 5. The Morgan fingerprint density at radius 1 is 1.09 bits per heavy atom. The average Bonchev–Trinajstić information content (AvgIpc) is 3.60. The highest BCUT2D eigenvalue weighted by molar-refractivity contribution is 7.13. The maximum Gasteiger partial charge on any atom is 0.241 e. The molecule has 33 heavy (non-hydrogen) atoms. The maximum absolute atomic E-state index is 12.7. The van der Waals surface area contributed by atoms with Gasteiger partial charge in [0, 0.05) is 44.6 Å². The molecular weight excluding hydrogens is 438 g/mol. The summed E-state index contributed by atoms with van der Waals surface area (Å²) < 4.78 is 11.2. The number of benzene rings is 1. The molecule has 3 aromatic heterocycles. The van der Waals surface area contributed by atoms with E-state index < -0.39 is 0 Å². The first-order valence-corrected chi connectivity index (χ1v) is 11.9. The summed E-state index contributed by atoms with van der Waals surface area (Å²) in [5.74, 6) is 2.68. The minimum absolute atomic E-state index is 0.127. The van der Waals surface area contributed by atoms with E-state index in [9.17, 15) is 4.79 Å². The van der Waals surface area contributed by atoms with Crippen molar-refractivity contribution in [3.8, 4) is 22.0 Å². The SMILES string of the molecule is Cc1ccc(-c2cnc(CCC(=O)N3CCN(Cc4nc(-c5cccs5)no4)CC3)o2)cc1. The van der Waals surface area contributed by atoms with Crippen LogP contribution in [0, 0.1) is 6.92 Å². The van der Waals surface area contributed by atoms with Crippen LogP contribution in [0.2, 0.25) is 0 Å². The fraction of sp³-hybridized carbons (Fsp3) is 0.333. The minimum Gasteiger partial charge on any atom is -0.441 e. The van der Waals surface area contributed by atoms with Gasteiger partial charge in [-0.3, -0.25) is 9.69 Å². The lowest BCUT2D eigenvalue weighted by Gasteiger charge is -2.33. The molecule has 1 aliphatic heterocycles. The lowest BCUT2D eigenvalue weighted by atomic mass is 10.1. The first kappa shape index (κ1) is 21.5. The third kappa shape index (κ3) is 5.20. The number of rotatable bonds is 7. The van der Waals surface area contributed by atoms with E-state index in [4.69, 9.17) is 8.94 Å². The Kier molecular flexibility index (Phi) is 6.32. The highest BCUT2D eigenvalue weighted by atomic mass is 32.1. The Morgan fingerprint density at radius 3 is 2.67 bits per heavy atom. The monoisotopic (exact) mass is 463 g/mol. The van der Waals surface area contributed by atoms with Gasteiger partial charge >= 0.3 is 0 Å². The highest BCUT2D eigenvalue weighted by Crippen LogP contribution is 2.23. The predicted octanol–water partition coefficient (Wildman–Crippen LogP) is 4.04. The molecule has 1 saturated heterocycles. The Labute approximate surface area is 195 Å². The number of aryl methyl sites for hydroxylation is 2. The van der Waals surface area contributed by atoms with Crippen LogP contribution in [0.1, 0.15) is 23.8 Å². The molecule has 1 amide bonds. The third-order valence-corrected chi connectivity index (χ3v) is 6.60. The Morgan fingerprint density at radius 2 is 1.91 bits per heavy atom. The van der Waals surface area contributed by atoms with E-state index in [1.54, 1.807) is 17.5 Å². The Balaban J connectivity index is 1.08. The highest BCUT2D eigenvalue weighted by Gasteiger charge is 2.23. The molecule has 1 fully saturated rings. The molecule has 0 atom stereocenters. The zero-order chi connectivity index (χ0) is 22.6. The fourth-order valence-electron chi connectivity index (χ4n) is 3.82. The summed E-state index contributed by atoms with van der Waals surface area (Å²) in [7, 11) is 0. The molecule has 0 radical (unpaired) electrons. The molecule has 5 rings (SSSR count). The van der Waals surface area contributed by atoms with Gasteiger partial charge < -0.3 is 13.8 Å². The zero-order valence-electron chi connectivity index (χ0n) is 18.4. The van der Waals surface area contributed by atoms with Gasteiger partial charge in [0.2, 0.25) is 17.6 Å². The number of piperazine rings is 1. The summed E-state index contributed by atoms with van der Waals surface area (Å²) in [6.07, 6.45) is 2.62. The Bertz CT molecular complexity index is 1190. The number of aromatic nitrogens is 3. The van der Waals surface area contributed by atoms with Crippen molar-refractivity contribution < 1.29 is 13.7 Å². The fourth-order valence-corrected chi connectivity index (χ4v) is 4.47. The van der Waals surface area contributed by atoms with Crippen LogP contribution >= 0.6 is 11.3 Å². The molecule has 4 heterocycles. The van der Waals surface area contributed by atoms with Crippen LogP contribution in [-0.4, -0.2) is 57.0 Å². The molecule has 0 N–H and O–H groups in total. The molecule has 1 aromatic carbocycles. The van der Waals surface area contributed by atoms with Crippen molar-refractivity contribution >= 4 is 17.2 Å². The molecule has 0 saturated carbocycles. The predicted molar refractivity (Wildman–Crippen MR) is 124 cm³/mol. The van der Waals surface area contributed by atoms with Crippen LogP contribution in [0.15, 0.2) is 56.9 Å². The molecule has 1 aliphatic rings. The van der Waals surface area contributed by atoms with Crippen molar-refractivity contribution in [3.63, 3.8) is 0 Å². The van der Waals surface area contributed by atoms with Gasteiger partial charge in [-0.2, -0.15) is 4.98 Å². The standard InChI is InChI=1S/C24H25N5O3S/c1-17-4-6-18(7-5-17)19-15-25-21(31-19)8-9-23(30)29-12-10-28(11-13-29)16-22-26-24(27-32-22)20-3-2-14-33-20/h2-7,14-15H,8-13,16H2,1H3. The molecular formula is C24H25N5O3S. The molecule has 4 aromatic rings. The van der Waals surface area contributed by atoms with E-state index in [-0.39, 0.29) is 5.91 Å². The maximum atomic E-state index is 12.7. The summed E-state index contributed by atoms with van der Waals surface area (Å²) in [5.41, 5.74) is 2.19. The molecule has 0 aliphatic carbocycles. The number of oxazole rings is 1. The van der Waals surface area contributed by atoms with Crippen LogP contribution in [0.3, 0.4) is 0 Å². The number of thiophene rings is 1. The van der Waals surface area contributed by atoms with Crippen LogP contribution in [0.25, 0.3) is 22.0 Å². The van der Waals surface area contributed by atoms with Crippen molar-refractivity contribution in [1.82, 2.24) is 24.9 Å². The van der Waals surface area contributed by atoms with Gasteiger partial charge in [0.25, 0.3) is 0 Å². The van der Waals surface area contributed by atoms with Gasteiger partial charge in [-0.1, -0.05) is 41.1 Å². The average molecular weight is 464 g/mol. The molecule has 170 valence electrons. The van der Waals surface area contributed by atoms with Crippen LogP contribution in [-0.2, 0) is 17.8 Å². The number of carbonyl (C=O) groups excluding carboxylic acids is 1. The smallest absolute Gasteiger partial charge is 0.241 e. The number of hydrogen-bond acceptors (Lipinski definition) is 8. The van der Waals surface area contributed by atoms with Gasteiger partial charge in [-0.05, 0) is 18.4 Å². The number of hydrogen-bond donors (Lipinski definition) is 0. The van der Waals surface area contributed by atoms with Crippen molar-refractivity contribution in [2.24, 2.45) is 0 Å². The molecule has 0 bridgehead atoms. The summed E-state index contributed by atoms with van der Waals surface area (Å²) >= 11 is 1.59. The lowest BCUT2D eigenvalue weighted by Crippen LogP contribution is -2.48. The lowest BCUT2D eigenvalue weighted by molar-refractivity contribution is -0.133. The number of carbonyl (C=O) groups is 1. The van der Waals surface area contributed by atoms with E-state index in [0.29, 0.717) is 50.1 Å². The quantitative estimate of drug-likeness (QED) is 0.409. The third-order valence-electron chi connectivity index (χ3n) is 5.74. The second-order valence-electron chi connectivity index (χ2n) is 8.13. The van der Waals surface area contributed by atoms with E-state index in [0.717, 1.165) is 29.3 Å². The van der Waals surface area contributed by atoms with Crippen molar-refractivity contribution in [2.75, 3.05) is 26.2 Å². The molecule has 0 unspecified atom stereocenters. The summed E-state index contributed by atoms with van der Waals surface area (Å²) in [6, 6.07) is 12.1. The largest absolute Gasteiger partial charge is 0.441 e. The van der Waals surface area contributed by atoms with Crippen molar-refractivity contribution in [3.05, 3.63) is 65.3 Å². The van der Waals surface area contributed by atoms with Gasteiger partial charge in [0.15, 0.2) is 11.7 Å². The first-order valence-electron chi connectivity index (χ1n) is 11.0. The van der Waals surface area contributed by atoms with Gasteiger partial charge in [-0.25, -0.2) is 4.98 Å². The van der Waals surface area contributed by atoms with Gasteiger partial charge in [0.05, 0.1) is 17.6 Å². The topological polar surface area (TPSA) is 88.5 Å². The summed E-state index contributed by atoms with van der Waals surface area (Å²) in [5, 5.41) is 6.06. The summed E-state index contributed by atoms with van der Waals surface area (Å²) in [6.45, 7) is 5.57. The second-order valence-corrected chi connectivity index (χ2v) is 9.08.